The van der Waals surface area contributed by atoms with E-state index in [9.17, 15) is 9.59 Å². The van der Waals surface area contributed by atoms with Crippen molar-refractivity contribution >= 4 is 11.8 Å². The third kappa shape index (κ3) is 3.86. The molecular weight excluding hydrogens is 288 g/mol. The number of carbonyl (C=O) groups is 2. The molecule has 0 spiro atoms. The number of hydrogen-bond donors (Lipinski definition) is 0. The van der Waals surface area contributed by atoms with Crippen molar-refractivity contribution in [1.29, 1.82) is 0 Å². The lowest BCUT2D eigenvalue weighted by Gasteiger charge is -2.19. The summed E-state index contributed by atoms with van der Waals surface area (Å²) >= 11 is 0. The minimum absolute atomic E-state index is 0.211. The number of aryl methyl sites for hydroxylation is 2. The van der Waals surface area contributed by atoms with E-state index in [0.29, 0.717) is 11.1 Å². The van der Waals surface area contributed by atoms with Gasteiger partial charge in [-0.2, -0.15) is 0 Å². The third-order valence-electron chi connectivity index (χ3n) is 3.71. The van der Waals surface area contributed by atoms with E-state index in [0.717, 1.165) is 11.1 Å². The Hall–Kier alpha value is -2.42. The van der Waals surface area contributed by atoms with Crippen LogP contribution in [0.3, 0.4) is 0 Å². The van der Waals surface area contributed by atoms with Crippen LogP contribution in [-0.4, -0.2) is 17.9 Å². The fourth-order valence-electron chi connectivity index (χ4n) is 2.69. The number of esters is 1. The average Bonchev–Trinajstić information content (AvgIpc) is 2.47. The second kappa shape index (κ2) is 7.23. The van der Waals surface area contributed by atoms with Crippen LogP contribution in [-0.2, 0) is 9.53 Å². The van der Waals surface area contributed by atoms with Gasteiger partial charge in [-0.1, -0.05) is 48.5 Å². The van der Waals surface area contributed by atoms with Crippen molar-refractivity contribution in [3.63, 3.8) is 0 Å². The number of carbonyl (C=O) groups excluding carboxylic acids is 2. The maximum atomic E-state index is 13.1. The first-order chi connectivity index (χ1) is 10.9. The van der Waals surface area contributed by atoms with Gasteiger partial charge in [0.25, 0.3) is 0 Å². The number of ether oxygens (including phenoxy) is 1. The minimum atomic E-state index is -0.932. The maximum Gasteiger partial charge on any atom is 0.321 e. The number of Topliss-reactive ketones (excluding diaryl/α,β-unsaturated/α-hetero) is 1. The molecular formula is C20H22O3. The van der Waals surface area contributed by atoms with Crippen molar-refractivity contribution in [3.8, 4) is 0 Å². The van der Waals surface area contributed by atoms with Crippen LogP contribution in [0.5, 0.6) is 0 Å². The highest BCUT2D eigenvalue weighted by Crippen LogP contribution is 2.26. The van der Waals surface area contributed by atoms with Gasteiger partial charge in [0.2, 0.25) is 0 Å². The molecule has 3 nitrogen and oxygen atoms in total. The standard InChI is InChI=1S/C20H22O3/c1-13(2)23-20(22)18(16-11-6-5-7-12-16)19(21)17-14(3)9-8-10-15(17)4/h5-13,18H,1-4H3. The predicted octanol–water partition coefficient (Wildman–Crippen LogP) is 4.22. The molecule has 3 heteroatoms. The van der Waals surface area contributed by atoms with Crippen LogP contribution in [0.25, 0.3) is 0 Å². The monoisotopic (exact) mass is 310 g/mol. The molecule has 0 heterocycles. The van der Waals surface area contributed by atoms with Crippen LogP contribution in [0.1, 0.15) is 46.8 Å². The Balaban J connectivity index is 2.49. The fourth-order valence-corrected chi connectivity index (χ4v) is 2.69. The summed E-state index contributed by atoms with van der Waals surface area (Å²) in [6.07, 6.45) is -0.264. The summed E-state index contributed by atoms with van der Waals surface area (Å²) in [5.41, 5.74) is 2.99. The van der Waals surface area contributed by atoms with Crippen molar-refractivity contribution in [3.05, 3.63) is 70.8 Å². The SMILES string of the molecule is Cc1cccc(C)c1C(=O)C(C(=O)OC(C)C)c1ccccc1. The summed E-state index contributed by atoms with van der Waals surface area (Å²) in [5.74, 6) is -1.64. The highest BCUT2D eigenvalue weighted by molar-refractivity contribution is 6.14. The van der Waals surface area contributed by atoms with Gasteiger partial charge in [0.15, 0.2) is 5.78 Å². The Kier molecular flexibility index (Phi) is 5.32. The molecule has 120 valence electrons. The molecule has 1 unspecified atom stereocenters. The van der Waals surface area contributed by atoms with E-state index in [1.54, 1.807) is 26.0 Å². The van der Waals surface area contributed by atoms with Gasteiger partial charge in [-0.25, -0.2) is 0 Å². The third-order valence-corrected chi connectivity index (χ3v) is 3.71. The topological polar surface area (TPSA) is 43.4 Å². The lowest BCUT2D eigenvalue weighted by Crippen LogP contribution is -2.27. The van der Waals surface area contributed by atoms with E-state index in [2.05, 4.69) is 0 Å². The number of rotatable bonds is 5. The molecule has 2 aromatic carbocycles. The number of benzene rings is 2. The second-order valence-electron chi connectivity index (χ2n) is 5.96. The highest BCUT2D eigenvalue weighted by atomic mass is 16.5. The van der Waals surface area contributed by atoms with Gasteiger partial charge >= 0.3 is 5.97 Å². The Bertz CT molecular complexity index is 682. The maximum absolute atomic E-state index is 13.1. The summed E-state index contributed by atoms with van der Waals surface area (Å²) < 4.78 is 5.33. The van der Waals surface area contributed by atoms with Crippen LogP contribution in [0.2, 0.25) is 0 Å². The molecule has 0 saturated heterocycles. The van der Waals surface area contributed by atoms with Crippen molar-refractivity contribution in [1.82, 2.24) is 0 Å². The van der Waals surface area contributed by atoms with Crippen molar-refractivity contribution in [2.45, 2.75) is 39.7 Å². The molecule has 0 N–H and O–H groups in total. The molecule has 0 aliphatic heterocycles. The van der Waals surface area contributed by atoms with Crippen molar-refractivity contribution in [2.24, 2.45) is 0 Å². The largest absolute Gasteiger partial charge is 0.462 e. The van der Waals surface area contributed by atoms with Crippen LogP contribution >= 0.6 is 0 Å². The van der Waals surface area contributed by atoms with Gasteiger partial charge in [-0.3, -0.25) is 9.59 Å². The molecule has 0 saturated carbocycles. The fraction of sp³-hybridized carbons (Fsp3) is 0.300. The van der Waals surface area contributed by atoms with Crippen LogP contribution in [0.15, 0.2) is 48.5 Å². The molecule has 0 amide bonds. The van der Waals surface area contributed by atoms with E-state index in [1.165, 1.54) is 0 Å². The summed E-state index contributed by atoms with van der Waals surface area (Å²) in [5, 5.41) is 0. The zero-order valence-corrected chi connectivity index (χ0v) is 14.0. The quantitative estimate of drug-likeness (QED) is 0.472. The first-order valence-electron chi connectivity index (χ1n) is 7.77. The van der Waals surface area contributed by atoms with E-state index in [1.807, 2.05) is 50.2 Å². The Morgan fingerprint density at radius 3 is 1.96 bits per heavy atom. The minimum Gasteiger partial charge on any atom is -0.462 e. The molecule has 0 radical (unpaired) electrons. The first-order valence-corrected chi connectivity index (χ1v) is 7.77. The van der Waals surface area contributed by atoms with Crippen LogP contribution in [0, 0.1) is 13.8 Å². The van der Waals surface area contributed by atoms with Crippen molar-refractivity contribution < 1.29 is 14.3 Å². The molecule has 0 bridgehead atoms. The van der Waals surface area contributed by atoms with Gasteiger partial charge in [0.1, 0.15) is 5.92 Å². The predicted molar refractivity (Wildman–Crippen MR) is 90.7 cm³/mol. The highest BCUT2D eigenvalue weighted by Gasteiger charge is 2.32. The Morgan fingerprint density at radius 1 is 0.870 bits per heavy atom. The molecule has 0 fully saturated rings. The average molecular weight is 310 g/mol. The molecule has 23 heavy (non-hydrogen) atoms. The molecule has 0 aliphatic rings. The summed E-state index contributed by atoms with van der Waals surface area (Å²) in [4.78, 5) is 25.7. The molecule has 1 atom stereocenters. The van der Waals surface area contributed by atoms with Crippen LogP contribution in [0.4, 0.5) is 0 Å². The Labute approximate surface area is 137 Å². The molecule has 0 aromatic heterocycles. The lowest BCUT2D eigenvalue weighted by atomic mass is 9.87. The van der Waals surface area contributed by atoms with Crippen molar-refractivity contribution in [2.75, 3.05) is 0 Å². The zero-order valence-electron chi connectivity index (χ0n) is 14.0. The van der Waals surface area contributed by atoms with Gasteiger partial charge in [-0.05, 0) is 44.4 Å². The van der Waals surface area contributed by atoms with Gasteiger partial charge in [0, 0.05) is 5.56 Å². The first kappa shape index (κ1) is 16.9. The zero-order chi connectivity index (χ0) is 17.0. The molecule has 2 aromatic rings. The summed E-state index contributed by atoms with van der Waals surface area (Å²) in [6, 6.07) is 14.8. The summed E-state index contributed by atoms with van der Waals surface area (Å²) in [7, 11) is 0. The van der Waals surface area contributed by atoms with E-state index in [4.69, 9.17) is 4.74 Å². The number of hydrogen-bond acceptors (Lipinski definition) is 3. The second-order valence-corrected chi connectivity index (χ2v) is 5.96. The summed E-state index contributed by atoms with van der Waals surface area (Å²) in [6.45, 7) is 7.33. The molecule has 0 aliphatic carbocycles. The normalized spacial score (nSPS) is 12.0. The van der Waals surface area contributed by atoms with E-state index < -0.39 is 11.9 Å². The van der Waals surface area contributed by atoms with Gasteiger partial charge < -0.3 is 4.74 Å². The van der Waals surface area contributed by atoms with E-state index >= 15 is 0 Å². The molecule has 2 rings (SSSR count). The number of ketones is 1. The van der Waals surface area contributed by atoms with Gasteiger partial charge in [0.05, 0.1) is 6.10 Å². The lowest BCUT2D eigenvalue weighted by molar-refractivity contribution is -0.147. The van der Waals surface area contributed by atoms with Gasteiger partial charge in [-0.15, -0.1) is 0 Å². The van der Waals surface area contributed by atoms with E-state index in [-0.39, 0.29) is 11.9 Å². The smallest absolute Gasteiger partial charge is 0.321 e. The Morgan fingerprint density at radius 2 is 1.43 bits per heavy atom. The van der Waals surface area contributed by atoms with Crippen LogP contribution < -0.4 is 0 Å².